The molecule has 1 unspecified atom stereocenters. The van der Waals surface area contributed by atoms with Gasteiger partial charge in [-0.15, -0.1) is 0 Å². The average molecular weight is 408 g/mol. The number of carbonyl (C=O) groups is 1. The van der Waals surface area contributed by atoms with Crippen LogP contribution in [0.3, 0.4) is 0 Å². The molecule has 3 rings (SSSR count). The largest absolute Gasteiger partial charge is 0.394 e. The summed E-state index contributed by atoms with van der Waals surface area (Å²) in [6, 6.07) is 15.0. The van der Waals surface area contributed by atoms with E-state index in [1.807, 2.05) is 24.3 Å². The van der Waals surface area contributed by atoms with E-state index >= 15 is 0 Å². The van der Waals surface area contributed by atoms with Crippen LogP contribution >= 0.6 is 0 Å². The second kappa shape index (κ2) is 10.9. The predicted molar refractivity (Wildman–Crippen MR) is 117 cm³/mol. The number of hydrogen-bond acceptors (Lipinski definition) is 6. The van der Waals surface area contributed by atoms with Crippen molar-refractivity contribution in [3.63, 3.8) is 0 Å². The SMILES string of the molecule is CC1CN1c1ccc2cc(/C=C(\C#N)C(=O)CCCOCCOCCO)ccc2c1. The van der Waals surface area contributed by atoms with E-state index in [9.17, 15) is 10.1 Å². The van der Waals surface area contributed by atoms with Crippen molar-refractivity contribution in [2.75, 3.05) is 44.5 Å². The molecule has 0 aliphatic carbocycles. The molecule has 6 heteroatoms. The summed E-state index contributed by atoms with van der Waals surface area (Å²) in [5.41, 5.74) is 2.24. The van der Waals surface area contributed by atoms with Crippen molar-refractivity contribution in [2.24, 2.45) is 0 Å². The Hall–Kier alpha value is -2.72. The van der Waals surface area contributed by atoms with Gasteiger partial charge in [0.25, 0.3) is 0 Å². The Kier molecular flexibility index (Phi) is 7.97. The molecule has 1 N–H and O–H groups in total. The number of nitrogens with zero attached hydrogens (tertiary/aromatic N) is 2. The molecule has 0 aromatic heterocycles. The third kappa shape index (κ3) is 6.14. The van der Waals surface area contributed by atoms with Crippen molar-refractivity contribution in [1.82, 2.24) is 0 Å². The van der Waals surface area contributed by atoms with Gasteiger partial charge in [0.2, 0.25) is 0 Å². The van der Waals surface area contributed by atoms with E-state index in [4.69, 9.17) is 14.6 Å². The number of anilines is 1. The number of rotatable bonds is 12. The number of ketones is 1. The minimum absolute atomic E-state index is 0.00605. The smallest absolute Gasteiger partial charge is 0.173 e. The molecule has 1 atom stereocenters. The standard InChI is InChI=1S/C24H28N2O4/c1-18-17-26(18)23-7-6-20-13-19(4-5-21(20)15-23)14-22(16-25)24(28)3-2-9-29-11-12-30-10-8-27/h4-7,13-15,18,27H,2-3,8-12,17H2,1H3/b22-14+. The van der Waals surface area contributed by atoms with Gasteiger partial charge in [-0.2, -0.15) is 5.26 Å². The second-order valence-electron chi connectivity index (χ2n) is 7.44. The molecule has 0 radical (unpaired) electrons. The molecule has 2 aromatic rings. The lowest BCUT2D eigenvalue weighted by Crippen LogP contribution is -2.09. The van der Waals surface area contributed by atoms with Crippen LogP contribution in [0.5, 0.6) is 0 Å². The number of fused-ring (bicyclic) bond motifs is 1. The van der Waals surface area contributed by atoms with Gasteiger partial charge in [0.05, 0.1) is 32.0 Å². The summed E-state index contributed by atoms with van der Waals surface area (Å²) in [5.74, 6) is -0.177. The van der Waals surface area contributed by atoms with Gasteiger partial charge in [-0.05, 0) is 54.0 Å². The number of Topliss-reactive ketones (excluding diaryl/α,β-unsaturated/α-hetero) is 1. The van der Waals surface area contributed by atoms with Crippen LogP contribution in [0.25, 0.3) is 16.8 Å². The van der Waals surface area contributed by atoms with Gasteiger partial charge in [0, 0.05) is 31.3 Å². The predicted octanol–water partition coefficient (Wildman–Crippen LogP) is 3.33. The lowest BCUT2D eigenvalue weighted by Gasteiger charge is -2.07. The van der Waals surface area contributed by atoms with Gasteiger partial charge in [0.15, 0.2) is 5.78 Å². The topological polar surface area (TPSA) is 82.6 Å². The van der Waals surface area contributed by atoms with Gasteiger partial charge in [-0.25, -0.2) is 0 Å². The molecule has 0 bridgehead atoms. The minimum atomic E-state index is -0.177. The summed E-state index contributed by atoms with van der Waals surface area (Å²) in [5, 5.41) is 20.3. The van der Waals surface area contributed by atoms with E-state index in [1.54, 1.807) is 6.08 Å². The molecule has 1 fully saturated rings. The number of aliphatic hydroxyl groups excluding tert-OH is 1. The Balaban J connectivity index is 1.53. The van der Waals surface area contributed by atoms with E-state index in [0.29, 0.717) is 38.9 Å². The first kappa shape index (κ1) is 22.0. The molecule has 6 nitrogen and oxygen atoms in total. The number of benzene rings is 2. The Morgan fingerprint density at radius 2 is 1.87 bits per heavy atom. The van der Waals surface area contributed by atoms with Crippen LogP contribution in [-0.4, -0.2) is 56.5 Å². The van der Waals surface area contributed by atoms with Gasteiger partial charge in [-0.1, -0.05) is 18.2 Å². The van der Waals surface area contributed by atoms with Crippen molar-refractivity contribution in [2.45, 2.75) is 25.8 Å². The lowest BCUT2D eigenvalue weighted by molar-refractivity contribution is -0.115. The third-order valence-corrected chi connectivity index (χ3v) is 5.07. The van der Waals surface area contributed by atoms with Crippen molar-refractivity contribution >= 4 is 28.3 Å². The van der Waals surface area contributed by atoms with E-state index in [-0.39, 0.29) is 24.4 Å². The maximum absolute atomic E-state index is 12.4. The Morgan fingerprint density at radius 3 is 2.57 bits per heavy atom. The van der Waals surface area contributed by atoms with Crippen molar-refractivity contribution in [1.29, 1.82) is 5.26 Å². The number of aliphatic hydroxyl groups is 1. The highest BCUT2D eigenvalue weighted by Crippen LogP contribution is 2.30. The first-order valence-corrected chi connectivity index (χ1v) is 10.3. The first-order chi connectivity index (χ1) is 14.6. The molecule has 0 saturated carbocycles. The van der Waals surface area contributed by atoms with E-state index < -0.39 is 0 Å². The van der Waals surface area contributed by atoms with Crippen LogP contribution in [-0.2, 0) is 14.3 Å². The quantitative estimate of drug-likeness (QED) is 0.251. The molecule has 1 aliphatic rings. The molecule has 158 valence electrons. The first-order valence-electron chi connectivity index (χ1n) is 10.3. The maximum atomic E-state index is 12.4. The molecule has 1 saturated heterocycles. The summed E-state index contributed by atoms with van der Waals surface area (Å²) in [7, 11) is 0. The molecule has 2 aromatic carbocycles. The number of carbonyl (C=O) groups excluding carboxylic acids is 1. The van der Waals surface area contributed by atoms with Crippen LogP contribution in [0.1, 0.15) is 25.3 Å². The number of allylic oxidation sites excluding steroid dienone is 1. The fourth-order valence-corrected chi connectivity index (χ4v) is 3.32. The third-order valence-electron chi connectivity index (χ3n) is 5.07. The number of nitriles is 1. The summed E-state index contributed by atoms with van der Waals surface area (Å²) in [6.45, 7) is 4.87. The van der Waals surface area contributed by atoms with Crippen LogP contribution in [0.2, 0.25) is 0 Å². The van der Waals surface area contributed by atoms with Gasteiger partial charge < -0.3 is 19.5 Å². The molecule has 1 aliphatic heterocycles. The normalized spacial score (nSPS) is 16.0. The fraction of sp³-hybridized carbons (Fsp3) is 0.417. The van der Waals surface area contributed by atoms with Crippen molar-refractivity contribution < 1.29 is 19.4 Å². The summed E-state index contributed by atoms with van der Waals surface area (Å²) in [4.78, 5) is 14.7. The van der Waals surface area contributed by atoms with E-state index in [0.717, 1.165) is 22.9 Å². The van der Waals surface area contributed by atoms with Crippen molar-refractivity contribution in [3.05, 3.63) is 47.5 Å². The zero-order chi connectivity index (χ0) is 21.3. The highest BCUT2D eigenvalue weighted by atomic mass is 16.5. The molecule has 1 heterocycles. The molecule has 0 amide bonds. The minimum Gasteiger partial charge on any atom is -0.394 e. The van der Waals surface area contributed by atoms with Crippen LogP contribution < -0.4 is 4.90 Å². The Bertz CT molecular complexity index is 948. The van der Waals surface area contributed by atoms with E-state index in [1.165, 1.54) is 5.69 Å². The zero-order valence-corrected chi connectivity index (χ0v) is 17.3. The second-order valence-corrected chi connectivity index (χ2v) is 7.44. The Morgan fingerprint density at radius 1 is 1.17 bits per heavy atom. The summed E-state index contributed by atoms with van der Waals surface area (Å²) < 4.78 is 10.5. The van der Waals surface area contributed by atoms with Gasteiger partial charge in [0.1, 0.15) is 6.07 Å². The van der Waals surface area contributed by atoms with Crippen LogP contribution in [0, 0.1) is 11.3 Å². The van der Waals surface area contributed by atoms with Crippen LogP contribution in [0.4, 0.5) is 5.69 Å². The number of hydrogen-bond donors (Lipinski definition) is 1. The lowest BCUT2D eigenvalue weighted by atomic mass is 10.0. The van der Waals surface area contributed by atoms with E-state index in [2.05, 4.69) is 30.0 Å². The highest BCUT2D eigenvalue weighted by molar-refractivity contribution is 6.03. The summed E-state index contributed by atoms with van der Waals surface area (Å²) >= 11 is 0. The molecular formula is C24H28N2O4. The number of ether oxygens (including phenoxy) is 2. The zero-order valence-electron chi connectivity index (χ0n) is 17.3. The monoisotopic (exact) mass is 408 g/mol. The average Bonchev–Trinajstić information content (AvgIpc) is 3.49. The van der Waals surface area contributed by atoms with Crippen molar-refractivity contribution in [3.8, 4) is 6.07 Å². The maximum Gasteiger partial charge on any atom is 0.173 e. The van der Waals surface area contributed by atoms with Gasteiger partial charge >= 0.3 is 0 Å². The van der Waals surface area contributed by atoms with Crippen LogP contribution in [0.15, 0.2) is 42.0 Å². The van der Waals surface area contributed by atoms with Gasteiger partial charge in [-0.3, -0.25) is 4.79 Å². The highest BCUT2D eigenvalue weighted by Gasteiger charge is 2.28. The molecule has 0 spiro atoms. The summed E-state index contributed by atoms with van der Waals surface area (Å²) in [6.07, 6.45) is 2.47. The molecular weight excluding hydrogens is 380 g/mol. The Labute approximate surface area is 177 Å². The molecule has 30 heavy (non-hydrogen) atoms. The fourth-order valence-electron chi connectivity index (χ4n) is 3.32.